The van der Waals surface area contributed by atoms with Gasteiger partial charge in [-0.05, 0) is 43.5 Å². The Morgan fingerprint density at radius 2 is 2.19 bits per heavy atom. The molecule has 0 N–H and O–H groups in total. The van der Waals surface area contributed by atoms with Gasteiger partial charge < -0.3 is 13.7 Å². The number of ether oxygens (including phenoxy) is 1. The second kappa shape index (κ2) is 6.50. The molecule has 2 aromatic heterocycles. The Labute approximate surface area is 126 Å². The van der Waals surface area contributed by atoms with Gasteiger partial charge in [0.1, 0.15) is 11.5 Å². The van der Waals surface area contributed by atoms with Crippen LogP contribution in [-0.4, -0.2) is 29.7 Å². The van der Waals surface area contributed by atoms with Crippen LogP contribution in [0.4, 0.5) is 0 Å². The molecule has 0 radical (unpaired) electrons. The lowest BCUT2D eigenvalue weighted by Crippen LogP contribution is -2.28. The van der Waals surface area contributed by atoms with Crippen molar-refractivity contribution in [1.82, 2.24) is 9.47 Å². The molecule has 3 heterocycles. The molecule has 0 aliphatic carbocycles. The smallest absolute Gasteiger partial charge is 0.118 e. The van der Waals surface area contributed by atoms with Crippen LogP contribution in [0.25, 0.3) is 0 Å². The van der Waals surface area contributed by atoms with E-state index >= 15 is 0 Å². The Bertz CT molecular complexity index is 573. The zero-order valence-electron chi connectivity index (χ0n) is 12.9. The molecule has 3 rings (SSSR count). The maximum absolute atomic E-state index is 5.74. The molecule has 1 atom stereocenters. The fourth-order valence-corrected chi connectivity index (χ4v) is 3.14. The van der Waals surface area contributed by atoms with Crippen LogP contribution in [0.3, 0.4) is 0 Å². The standard InChI is InChI=1S/C17H24N2O2/c1-14-5-6-17(21-14)13-18-10-15(7-9-20-2)11-19-8-3-4-16(19)12-18/h3-6,8,15H,7,9-13H2,1-2H3/t15-/m1/s1. The van der Waals surface area contributed by atoms with Crippen LogP contribution in [0.1, 0.15) is 23.6 Å². The first kappa shape index (κ1) is 14.4. The van der Waals surface area contributed by atoms with Crippen molar-refractivity contribution in [3.63, 3.8) is 0 Å². The highest BCUT2D eigenvalue weighted by Crippen LogP contribution is 2.21. The van der Waals surface area contributed by atoms with Gasteiger partial charge in [-0.15, -0.1) is 0 Å². The van der Waals surface area contributed by atoms with E-state index in [1.807, 2.05) is 13.0 Å². The summed E-state index contributed by atoms with van der Waals surface area (Å²) in [6, 6.07) is 8.49. The van der Waals surface area contributed by atoms with Gasteiger partial charge in [-0.3, -0.25) is 4.90 Å². The first-order chi connectivity index (χ1) is 10.2. The highest BCUT2D eigenvalue weighted by atomic mass is 16.5. The van der Waals surface area contributed by atoms with Crippen molar-refractivity contribution in [3.05, 3.63) is 47.7 Å². The number of hydrogen-bond donors (Lipinski definition) is 0. The number of methoxy groups -OCH3 is 1. The van der Waals surface area contributed by atoms with Gasteiger partial charge in [0.15, 0.2) is 0 Å². The number of nitrogens with zero attached hydrogens (tertiary/aromatic N) is 2. The van der Waals surface area contributed by atoms with Gasteiger partial charge in [-0.1, -0.05) is 0 Å². The maximum atomic E-state index is 5.74. The molecule has 0 unspecified atom stereocenters. The minimum atomic E-state index is 0.620. The van der Waals surface area contributed by atoms with Crippen molar-refractivity contribution in [2.24, 2.45) is 5.92 Å². The van der Waals surface area contributed by atoms with Crippen LogP contribution < -0.4 is 0 Å². The lowest BCUT2D eigenvalue weighted by Gasteiger charge is -2.22. The van der Waals surface area contributed by atoms with Gasteiger partial charge in [0.2, 0.25) is 0 Å². The summed E-state index contributed by atoms with van der Waals surface area (Å²) in [4.78, 5) is 2.48. The van der Waals surface area contributed by atoms with Crippen molar-refractivity contribution in [1.29, 1.82) is 0 Å². The number of hydrogen-bond acceptors (Lipinski definition) is 3. The fourth-order valence-electron chi connectivity index (χ4n) is 3.14. The van der Waals surface area contributed by atoms with Crippen LogP contribution >= 0.6 is 0 Å². The van der Waals surface area contributed by atoms with Crippen LogP contribution in [-0.2, 0) is 24.4 Å². The molecular weight excluding hydrogens is 264 g/mol. The fraction of sp³-hybridized carbons (Fsp3) is 0.529. The molecule has 0 bridgehead atoms. The average Bonchev–Trinajstić information content (AvgIpc) is 3.02. The molecule has 4 heteroatoms. The number of aromatic nitrogens is 1. The van der Waals surface area contributed by atoms with Crippen molar-refractivity contribution in [2.45, 2.75) is 33.0 Å². The third kappa shape index (κ3) is 3.57. The summed E-state index contributed by atoms with van der Waals surface area (Å²) in [6.07, 6.45) is 3.29. The molecule has 0 saturated heterocycles. The molecule has 1 aliphatic heterocycles. The number of furan rings is 1. The molecule has 0 amide bonds. The van der Waals surface area contributed by atoms with Crippen molar-refractivity contribution < 1.29 is 9.15 Å². The first-order valence-corrected chi connectivity index (χ1v) is 7.65. The number of fused-ring (bicyclic) bond motifs is 1. The zero-order chi connectivity index (χ0) is 14.7. The molecular formula is C17H24N2O2. The maximum Gasteiger partial charge on any atom is 0.118 e. The van der Waals surface area contributed by atoms with E-state index in [9.17, 15) is 0 Å². The van der Waals surface area contributed by atoms with E-state index in [2.05, 4.69) is 33.9 Å². The lowest BCUT2D eigenvalue weighted by atomic mass is 10.1. The predicted molar refractivity (Wildman–Crippen MR) is 82.0 cm³/mol. The van der Waals surface area contributed by atoms with E-state index in [4.69, 9.17) is 9.15 Å². The third-order valence-electron chi connectivity index (χ3n) is 4.19. The van der Waals surface area contributed by atoms with Crippen molar-refractivity contribution in [2.75, 3.05) is 20.3 Å². The number of rotatable bonds is 5. The van der Waals surface area contributed by atoms with Gasteiger partial charge in [0, 0.05) is 45.2 Å². The minimum absolute atomic E-state index is 0.620. The summed E-state index contributed by atoms with van der Waals surface area (Å²) >= 11 is 0. The highest BCUT2D eigenvalue weighted by molar-refractivity contribution is 5.10. The molecule has 0 fully saturated rings. The van der Waals surface area contributed by atoms with Crippen molar-refractivity contribution >= 4 is 0 Å². The lowest BCUT2D eigenvalue weighted by molar-refractivity contribution is 0.148. The second-order valence-corrected chi connectivity index (χ2v) is 5.98. The summed E-state index contributed by atoms with van der Waals surface area (Å²) < 4.78 is 13.4. The molecule has 21 heavy (non-hydrogen) atoms. The van der Waals surface area contributed by atoms with Gasteiger partial charge in [0.05, 0.1) is 6.54 Å². The largest absolute Gasteiger partial charge is 0.465 e. The van der Waals surface area contributed by atoms with E-state index < -0.39 is 0 Å². The molecule has 4 nitrogen and oxygen atoms in total. The average molecular weight is 288 g/mol. The van der Waals surface area contributed by atoms with E-state index in [0.29, 0.717) is 5.92 Å². The Morgan fingerprint density at radius 1 is 1.29 bits per heavy atom. The van der Waals surface area contributed by atoms with Crippen LogP contribution in [0, 0.1) is 12.8 Å². The molecule has 0 aromatic carbocycles. The van der Waals surface area contributed by atoms with E-state index in [1.54, 1.807) is 7.11 Å². The molecule has 0 saturated carbocycles. The predicted octanol–water partition coefficient (Wildman–Crippen LogP) is 3.06. The topological polar surface area (TPSA) is 30.5 Å². The minimum Gasteiger partial charge on any atom is -0.465 e. The summed E-state index contributed by atoms with van der Waals surface area (Å²) in [5.74, 6) is 2.66. The van der Waals surface area contributed by atoms with E-state index in [0.717, 1.165) is 50.7 Å². The third-order valence-corrected chi connectivity index (χ3v) is 4.19. The summed E-state index contributed by atoms with van der Waals surface area (Å²) in [6.45, 7) is 6.86. The summed E-state index contributed by atoms with van der Waals surface area (Å²) in [7, 11) is 1.78. The molecule has 114 valence electrons. The Balaban J connectivity index is 1.73. The first-order valence-electron chi connectivity index (χ1n) is 7.65. The second-order valence-electron chi connectivity index (χ2n) is 5.98. The molecule has 0 spiro atoms. The number of aryl methyl sites for hydroxylation is 1. The monoisotopic (exact) mass is 288 g/mol. The van der Waals surface area contributed by atoms with Crippen molar-refractivity contribution in [3.8, 4) is 0 Å². The molecule has 2 aromatic rings. The Kier molecular flexibility index (Phi) is 4.46. The van der Waals surface area contributed by atoms with Gasteiger partial charge in [-0.2, -0.15) is 0 Å². The summed E-state index contributed by atoms with van der Waals surface area (Å²) in [5, 5.41) is 0. The van der Waals surface area contributed by atoms with Crippen LogP contribution in [0.15, 0.2) is 34.9 Å². The Morgan fingerprint density at radius 3 is 2.95 bits per heavy atom. The zero-order valence-corrected chi connectivity index (χ0v) is 12.9. The summed E-state index contributed by atoms with van der Waals surface area (Å²) in [5.41, 5.74) is 1.39. The molecule has 1 aliphatic rings. The van der Waals surface area contributed by atoms with Gasteiger partial charge in [-0.25, -0.2) is 0 Å². The SMILES string of the molecule is COCC[C@@H]1CN(Cc2ccc(C)o2)Cc2cccn2C1. The highest BCUT2D eigenvalue weighted by Gasteiger charge is 2.22. The van der Waals surface area contributed by atoms with E-state index in [1.165, 1.54) is 5.69 Å². The van der Waals surface area contributed by atoms with Gasteiger partial charge in [0.25, 0.3) is 0 Å². The normalized spacial score (nSPS) is 19.4. The van der Waals surface area contributed by atoms with Gasteiger partial charge >= 0.3 is 0 Å². The van der Waals surface area contributed by atoms with Crippen LogP contribution in [0.2, 0.25) is 0 Å². The van der Waals surface area contributed by atoms with Crippen LogP contribution in [0.5, 0.6) is 0 Å². The van der Waals surface area contributed by atoms with E-state index in [-0.39, 0.29) is 0 Å². The Hall–Kier alpha value is -1.52. The quantitative estimate of drug-likeness (QED) is 0.847.